The smallest absolute Gasteiger partial charge is 0.322 e. The summed E-state index contributed by atoms with van der Waals surface area (Å²) >= 11 is 0. The van der Waals surface area contributed by atoms with E-state index in [1.54, 1.807) is 34.0 Å². The van der Waals surface area contributed by atoms with Crippen LogP contribution >= 0.6 is 0 Å². The summed E-state index contributed by atoms with van der Waals surface area (Å²) in [5.41, 5.74) is 2.48. The lowest BCUT2D eigenvalue weighted by Crippen LogP contribution is -2.52. The molecule has 2 aromatic carbocycles. The van der Waals surface area contributed by atoms with Gasteiger partial charge in [-0.15, -0.1) is 0 Å². The van der Waals surface area contributed by atoms with Gasteiger partial charge in [-0.3, -0.25) is 19.6 Å². The number of rotatable bonds is 6. The van der Waals surface area contributed by atoms with E-state index in [9.17, 15) is 14.4 Å². The fourth-order valence-corrected chi connectivity index (χ4v) is 4.43. The molecule has 9 nitrogen and oxygen atoms in total. The number of benzene rings is 2. The normalized spacial score (nSPS) is 19.5. The molecular weight excluding hydrogens is 422 g/mol. The van der Waals surface area contributed by atoms with E-state index in [-0.39, 0.29) is 12.5 Å². The largest absolute Gasteiger partial charge is 0.494 e. The second-order valence-corrected chi connectivity index (χ2v) is 8.21. The first kappa shape index (κ1) is 20.7. The zero-order valence-electron chi connectivity index (χ0n) is 18.3. The van der Waals surface area contributed by atoms with Crippen molar-refractivity contribution >= 4 is 17.8 Å². The Bertz CT molecular complexity index is 1270. The average molecular weight is 445 g/mol. The summed E-state index contributed by atoms with van der Waals surface area (Å²) in [6.07, 6.45) is 3.65. The zero-order valence-corrected chi connectivity index (χ0v) is 18.3. The number of hydrogen-bond donors (Lipinski definition) is 2. The lowest BCUT2D eigenvalue weighted by Gasteiger charge is -2.31. The summed E-state index contributed by atoms with van der Waals surface area (Å²) in [4.78, 5) is 39.9. The Morgan fingerprint density at radius 1 is 1.09 bits per heavy atom. The molecule has 168 valence electrons. The SMILES string of the molecule is CCOc1ccc2c(c1)C(=O)N(C[C@@]1(c3ccc(-c4cnn(C)c4)cc3)NC(=O)NC1=O)C2. The van der Waals surface area contributed by atoms with Crippen LogP contribution in [0.15, 0.2) is 54.9 Å². The van der Waals surface area contributed by atoms with E-state index in [2.05, 4.69) is 15.7 Å². The van der Waals surface area contributed by atoms with E-state index in [1.807, 2.05) is 44.4 Å². The second kappa shape index (κ2) is 7.77. The van der Waals surface area contributed by atoms with Crippen LogP contribution in [-0.2, 0) is 23.9 Å². The molecule has 0 radical (unpaired) electrons. The minimum Gasteiger partial charge on any atom is -0.494 e. The van der Waals surface area contributed by atoms with Gasteiger partial charge >= 0.3 is 6.03 Å². The number of ether oxygens (including phenoxy) is 1. The van der Waals surface area contributed by atoms with E-state index in [0.29, 0.717) is 30.0 Å². The van der Waals surface area contributed by atoms with Gasteiger partial charge in [0.1, 0.15) is 5.75 Å². The van der Waals surface area contributed by atoms with Crippen molar-refractivity contribution in [3.8, 4) is 16.9 Å². The van der Waals surface area contributed by atoms with Gasteiger partial charge in [0, 0.05) is 30.9 Å². The minimum atomic E-state index is -1.38. The van der Waals surface area contributed by atoms with Crippen LogP contribution in [0, 0.1) is 0 Å². The highest BCUT2D eigenvalue weighted by Crippen LogP contribution is 2.33. The van der Waals surface area contributed by atoms with Crippen LogP contribution in [0.2, 0.25) is 0 Å². The first-order chi connectivity index (χ1) is 15.9. The molecule has 3 heterocycles. The van der Waals surface area contributed by atoms with E-state index in [1.165, 1.54) is 0 Å². The Labute approximate surface area is 190 Å². The molecule has 9 heteroatoms. The lowest BCUT2D eigenvalue weighted by atomic mass is 9.88. The maximum atomic E-state index is 13.2. The highest BCUT2D eigenvalue weighted by atomic mass is 16.5. The summed E-state index contributed by atoms with van der Waals surface area (Å²) in [6, 6.07) is 12.2. The molecule has 2 aliphatic rings. The molecule has 3 aromatic rings. The van der Waals surface area contributed by atoms with Gasteiger partial charge in [0.05, 0.1) is 19.3 Å². The molecule has 0 aliphatic carbocycles. The van der Waals surface area contributed by atoms with Gasteiger partial charge < -0.3 is 15.0 Å². The fraction of sp³-hybridized carbons (Fsp3) is 0.250. The molecule has 4 amide bonds. The van der Waals surface area contributed by atoms with Crippen LogP contribution in [0.5, 0.6) is 5.75 Å². The van der Waals surface area contributed by atoms with Crippen molar-refractivity contribution in [3.05, 3.63) is 71.5 Å². The van der Waals surface area contributed by atoms with Crippen LogP contribution in [0.1, 0.15) is 28.4 Å². The van der Waals surface area contributed by atoms with Crippen molar-refractivity contribution in [2.24, 2.45) is 7.05 Å². The Kier molecular flexibility index (Phi) is 4.88. The van der Waals surface area contributed by atoms with Crippen LogP contribution in [-0.4, -0.2) is 45.7 Å². The predicted octanol–water partition coefficient (Wildman–Crippen LogP) is 2.18. The topological polar surface area (TPSA) is 106 Å². The Balaban J connectivity index is 1.46. The Hall–Kier alpha value is -4.14. The molecule has 1 atom stereocenters. The van der Waals surface area contributed by atoms with Crippen molar-refractivity contribution in [2.75, 3.05) is 13.2 Å². The predicted molar refractivity (Wildman–Crippen MR) is 119 cm³/mol. The molecule has 1 fully saturated rings. The molecule has 0 spiro atoms. The first-order valence-corrected chi connectivity index (χ1v) is 10.7. The summed E-state index contributed by atoms with van der Waals surface area (Å²) < 4.78 is 7.23. The van der Waals surface area contributed by atoms with Gasteiger partial charge in [0.25, 0.3) is 11.8 Å². The second-order valence-electron chi connectivity index (χ2n) is 8.21. The molecule has 0 unspecified atom stereocenters. The molecule has 2 aliphatic heterocycles. The van der Waals surface area contributed by atoms with Crippen molar-refractivity contribution in [1.82, 2.24) is 25.3 Å². The fourth-order valence-electron chi connectivity index (χ4n) is 4.43. The van der Waals surface area contributed by atoms with Crippen molar-refractivity contribution in [3.63, 3.8) is 0 Å². The van der Waals surface area contributed by atoms with Gasteiger partial charge in [-0.25, -0.2) is 4.79 Å². The molecule has 0 bridgehead atoms. The number of imide groups is 1. The van der Waals surface area contributed by atoms with E-state index in [0.717, 1.165) is 16.7 Å². The third kappa shape index (κ3) is 3.51. The molecule has 2 N–H and O–H groups in total. The van der Waals surface area contributed by atoms with Crippen molar-refractivity contribution < 1.29 is 19.1 Å². The number of carbonyl (C=O) groups excluding carboxylic acids is 3. The maximum absolute atomic E-state index is 13.2. The van der Waals surface area contributed by atoms with Gasteiger partial charge in [-0.2, -0.15) is 5.10 Å². The highest BCUT2D eigenvalue weighted by Gasteiger charge is 2.50. The van der Waals surface area contributed by atoms with E-state index in [4.69, 9.17) is 4.74 Å². The molecular formula is C24H23N5O4. The number of aromatic nitrogens is 2. The number of urea groups is 1. The molecule has 1 aromatic heterocycles. The lowest BCUT2D eigenvalue weighted by molar-refractivity contribution is -0.124. The zero-order chi connectivity index (χ0) is 23.2. The highest BCUT2D eigenvalue weighted by molar-refractivity contribution is 6.08. The first-order valence-electron chi connectivity index (χ1n) is 10.7. The van der Waals surface area contributed by atoms with Gasteiger partial charge in [-0.1, -0.05) is 30.3 Å². The summed E-state index contributed by atoms with van der Waals surface area (Å²) in [5.74, 6) is -0.0636. The monoisotopic (exact) mass is 445 g/mol. The van der Waals surface area contributed by atoms with Crippen LogP contribution in [0.4, 0.5) is 4.79 Å². The number of nitrogens with zero attached hydrogens (tertiary/aromatic N) is 3. The van der Waals surface area contributed by atoms with Gasteiger partial charge in [0.15, 0.2) is 5.54 Å². The van der Waals surface area contributed by atoms with Crippen molar-refractivity contribution in [1.29, 1.82) is 0 Å². The van der Waals surface area contributed by atoms with E-state index >= 15 is 0 Å². The van der Waals surface area contributed by atoms with Crippen LogP contribution in [0.25, 0.3) is 11.1 Å². The number of nitrogens with one attached hydrogen (secondary N) is 2. The number of hydrogen-bond acceptors (Lipinski definition) is 5. The van der Waals surface area contributed by atoms with E-state index < -0.39 is 17.5 Å². The average Bonchev–Trinajstić information content (AvgIpc) is 3.45. The number of carbonyl (C=O) groups is 3. The Morgan fingerprint density at radius 2 is 1.88 bits per heavy atom. The van der Waals surface area contributed by atoms with Crippen LogP contribution in [0.3, 0.4) is 0 Å². The van der Waals surface area contributed by atoms with Crippen molar-refractivity contribution in [2.45, 2.75) is 19.0 Å². The quantitative estimate of drug-likeness (QED) is 0.566. The van der Waals surface area contributed by atoms with Crippen LogP contribution < -0.4 is 15.4 Å². The molecule has 33 heavy (non-hydrogen) atoms. The van der Waals surface area contributed by atoms with Gasteiger partial charge in [-0.05, 0) is 35.7 Å². The number of aryl methyl sites for hydroxylation is 1. The minimum absolute atomic E-state index is 0.00823. The molecule has 1 saturated heterocycles. The molecule has 5 rings (SSSR count). The Morgan fingerprint density at radius 3 is 2.52 bits per heavy atom. The standard InChI is InChI=1S/C24H23N5O4/c1-3-33-19-9-6-16-13-29(21(30)20(16)10-19)14-24(22(31)26-23(32)27-24)18-7-4-15(5-8-18)17-11-25-28(2)12-17/h4-12H,3,13-14H2,1-2H3,(H2,26,27,31,32)/t24-/m0/s1. The number of amides is 4. The maximum Gasteiger partial charge on any atom is 0.322 e. The number of fused-ring (bicyclic) bond motifs is 1. The molecule has 0 saturated carbocycles. The third-order valence-corrected chi connectivity index (χ3v) is 6.06. The summed E-state index contributed by atoms with van der Waals surface area (Å²) in [7, 11) is 1.84. The summed E-state index contributed by atoms with van der Waals surface area (Å²) in [6.45, 7) is 2.74. The third-order valence-electron chi connectivity index (χ3n) is 6.06. The summed E-state index contributed by atoms with van der Waals surface area (Å²) in [5, 5.41) is 9.28. The van der Waals surface area contributed by atoms with Gasteiger partial charge in [0.2, 0.25) is 0 Å².